The Labute approximate surface area is 109 Å². The van der Waals surface area contributed by atoms with Gasteiger partial charge in [0, 0.05) is 4.88 Å². The molecule has 5 heteroatoms. The summed E-state index contributed by atoms with van der Waals surface area (Å²) < 4.78 is 19.0. The molecule has 1 aromatic carbocycles. The van der Waals surface area contributed by atoms with Crippen LogP contribution in [0.4, 0.5) is 4.39 Å². The van der Waals surface area contributed by atoms with E-state index in [2.05, 4.69) is 4.98 Å². The van der Waals surface area contributed by atoms with Crippen LogP contribution < -0.4 is 4.74 Å². The Morgan fingerprint density at radius 2 is 2.17 bits per heavy atom. The van der Waals surface area contributed by atoms with Crippen LogP contribution in [0.3, 0.4) is 0 Å². The third kappa shape index (κ3) is 2.86. The van der Waals surface area contributed by atoms with Gasteiger partial charge in [0.2, 0.25) is 0 Å². The first-order valence-electron chi connectivity index (χ1n) is 5.55. The SMILES string of the molecule is Cc1nc(COc2ccc(CO)cc2F)sc1C. The lowest BCUT2D eigenvalue weighted by Gasteiger charge is -2.06. The molecular formula is C13H14FNO2S. The molecule has 2 aromatic rings. The molecule has 3 nitrogen and oxygen atoms in total. The minimum Gasteiger partial charge on any atom is -0.483 e. The Morgan fingerprint density at radius 1 is 1.39 bits per heavy atom. The van der Waals surface area contributed by atoms with Crippen molar-refractivity contribution < 1.29 is 14.2 Å². The number of halogens is 1. The van der Waals surface area contributed by atoms with Crippen molar-refractivity contribution in [1.82, 2.24) is 4.98 Å². The summed E-state index contributed by atoms with van der Waals surface area (Å²) >= 11 is 1.55. The summed E-state index contributed by atoms with van der Waals surface area (Å²) in [5, 5.41) is 9.71. The van der Waals surface area contributed by atoms with Gasteiger partial charge in [-0.05, 0) is 31.5 Å². The van der Waals surface area contributed by atoms with E-state index >= 15 is 0 Å². The Kier molecular flexibility index (Phi) is 3.93. The van der Waals surface area contributed by atoms with Gasteiger partial charge < -0.3 is 9.84 Å². The molecule has 0 amide bonds. The summed E-state index contributed by atoms with van der Waals surface area (Å²) in [6, 6.07) is 4.43. The highest BCUT2D eigenvalue weighted by Crippen LogP contribution is 2.22. The highest BCUT2D eigenvalue weighted by atomic mass is 32.1. The maximum Gasteiger partial charge on any atom is 0.165 e. The van der Waals surface area contributed by atoms with Crippen LogP contribution in [0.1, 0.15) is 21.1 Å². The van der Waals surface area contributed by atoms with Crippen LogP contribution in [0.15, 0.2) is 18.2 Å². The van der Waals surface area contributed by atoms with E-state index in [9.17, 15) is 4.39 Å². The van der Waals surface area contributed by atoms with Crippen molar-refractivity contribution in [2.45, 2.75) is 27.1 Å². The number of benzene rings is 1. The lowest BCUT2D eigenvalue weighted by Crippen LogP contribution is -1.98. The summed E-state index contributed by atoms with van der Waals surface area (Å²) in [6.45, 7) is 4.01. The van der Waals surface area contributed by atoms with Crippen LogP contribution in [0.5, 0.6) is 5.75 Å². The Bertz CT molecular complexity index is 534. The predicted octanol–water partition coefficient (Wildman–Crippen LogP) is 2.97. The summed E-state index contributed by atoms with van der Waals surface area (Å²) in [4.78, 5) is 5.46. The van der Waals surface area contributed by atoms with Crippen molar-refractivity contribution >= 4 is 11.3 Å². The number of nitrogens with zero attached hydrogens (tertiary/aromatic N) is 1. The van der Waals surface area contributed by atoms with Crippen molar-refractivity contribution in [2.24, 2.45) is 0 Å². The predicted molar refractivity (Wildman–Crippen MR) is 68.2 cm³/mol. The zero-order chi connectivity index (χ0) is 13.1. The Hall–Kier alpha value is -1.46. The highest BCUT2D eigenvalue weighted by molar-refractivity contribution is 7.11. The average molecular weight is 267 g/mol. The topological polar surface area (TPSA) is 42.4 Å². The van der Waals surface area contributed by atoms with Crippen LogP contribution >= 0.6 is 11.3 Å². The van der Waals surface area contributed by atoms with Crippen molar-refractivity contribution in [3.63, 3.8) is 0 Å². The molecule has 0 fully saturated rings. The molecule has 2 rings (SSSR count). The molecule has 0 unspecified atom stereocenters. The third-order valence-corrected chi connectivity index (χ3v) is 3.65. The number of hydrogen-bond donors (Lipinski definition) is 1. The Balaban J connectivity index is 2.06. The molecule has 1 aromatic heterocycles. The molecule has 1 N–H and O–H groups in total. The van der Waals surface area contributed by atoms with E-state index in [-0.39, 0.29) is 19.0 Å². The Morgan fingerprint density at radius 3 is 2.72 bits per heavy atom. The first kappa shape index (κ1) is 13.0. The fourth-order valence-corrected chi connectivity index (χ4v) is 2.35. The minimum atomic E-state index is -0.466. The van der Waals surface area contributed by atoms with Gasteiger partial charge in [-0.2, -0.15) is 0 Å². The molecule has 96 valence electrons. The fourth-order valence-electron chi connectivity index (χ4n) is 1.50. The fraction of sp³-hybridized carbons (Fsp3) is 0.308. The highest BCUT2D eigenvalue weighted by Gasteiger charge is 2.08. The molecule has 0 bridgehead atoms. The number of rotatable bonds is 4. The molecule has 0 aliphatic heterocycles. The molecule has 0 saturated heterocycles. The zero-order valence-corrected chi connectivity index (χ0v) is 11.1. The molecule has 0 aliphatic carbocycles. The van der Waals surface area contributed by atoms with E-state index in [4.69, 9.17) is 9.84 Å². The second-order valence-corrected chi connectivity index (χ2v) is 5.25. The molecule has 0 spiro atoms. The number of aryl methyl sites for hydroxylation is 2. The minimum absolute atomic E-state index is 0.178. The second-order valence-electron chi connectivity index (χ2n) is 3.96. The van der Waals surface area contributed by atoms with Gasteiger partial charge in [0.05, 0.1) is 12.3 Å². The van der Waals surface area contributed by atoms with E-state index < -0.39 is 5.82 Å². The van der Waals surface area contributed by atoms with E-state index in [1.807, 2.05) is 13.8 Å². The van der Waals surface area contributed by atoms with Crippen LogP contribution in [0, 0.1) is 19.7 Å². The first-order valence-corrected chi connectivity index (χ1v) is 6.37. The van der Waals surface area contributed by atoms with Crippen molar-refractivity contribution in [3.8, 4) is 5.75 Å². The molecule has 0 radical (unpaired) electrons. The van der Waals surface area contributed by atoms with Gasteiger partial charge in [-0.25, -0.2) is 9.37 Å². The largest absolute Gasteiger partial charge is 0.483 e. The van der Waals surface area contributed by atoms with Crippen molar-refractivity contribution in [3.05, 3.63) is 45.2 Å². The van der Waals surface area contributed by atoms with E-state index in [0.717, 1.165) is 15.6 Å². The second kappa shape index (κ2) is 5.46. The van der Waals surface area contributed by atoms with Crippen LogP contribution in [0.25, 0.3) is 0 Å². The van der Waals surface area contributed by atoms with Gasteiger partial charge in [0.1, 0.15) is 11.6 Å². The van der Waals surface area contributed by atoms with Crippen LogP contribution in [0.2, 0.25) is 0 Å². The molecule has 1 heterocycles. The van der Waals surface area contributed by atoms with Gasteiger partial charge in [0.25, 0.3) is 0 Å². The third-order valence-electron chi connectivity index (χ3n) is 2.60. The molecule has 18 heavy (non-hydrogen) atoms. The standard InChI is InChI=1S/C13H14FNO2S/c1-8-9(2)18-13(15-8)7-17-12-4-3-10(6-16)5-11(12)14/h3-5,16H,6-7H2,1-2H3. The van der Waals surface area contributed by atoms with E-state index in [1.54, 1.807) is 17.4 Å². The van der Waals surface area contributed by atoms with E-state index in [0.29, 0.717) is 5.56 Å². The smallest absolute Gasteiger partial charge is 0.165 e. The number of ether oxygens (including phenoxy) is 1. The number of aromatic nitrogens is 1. The van der Waals surface area contributed by atoms with E-state index in [1.165, 1.54) is 12.1 Å². The normalized spacial score (nSPS) is 10.7. The number of aliphatic hydroxyl groups excluding tert-OH is 1. The van der Waals surface area contributed by atoms with Gasteiger partial charge in [0.15, 0.2) is 11.6 Å². The van der Waals surface area contributed by atoms with Gasteiger partial charge >= 0.3 is 0 Å². The summed E-state index contributed by atoms with van der Waals surface area (Å²) in [6.07, 6.45) is 0. The van der Waals surface area contributed by atoms with Crippen LogP contribution in [-0.2, 0) is 13.2 Å². The monoisotopic (exact) mass is 267 g/mol. The zero-order valence-electron chi connectivity index (χ0n) is 10.2. The molecule has 0 aliphatic rings. The lowest BCUT2D eigenvalue weighted by atomic mass is 10.2. The van der Waals surface area contributed by atoms with Gasteiger partial charge in [-0.3, -0.25) is 0 Å². The summed E-state index contributed by atoms with van der Waals surface area (Å²) in [5.74, 6) is -0.288. The molecule has 0 saturated carbocycles. The molecular weight excluding hydrogens is 253 g/mol. The van der Waals surface area contributed by atoms with Crippen molar-refractivity contribution in [2.75, 3.05) is 0 Å². The van der Waals surface area contributed by atoms with Gasteiger partial charge in [-0.1, -0.05) is 6.07 Å². The average Bonchev–Trinajstić information content (AvgIpc) is 2.67. The summed E-state index contributed by atoms with van der Waals surface area (Å²) in [5.41, 5.74) is 1.51. The quantitative estimate of drug-likeness (QED) is 0.926. The molecule has 0 atom stereocenters. The summed E-state index contributed by atoms with van der Waals surface area (Å²) in [7, 11) is 0. The number of aliphatic hydroxyl groups is 1. The maximum absolute atomic E-state index is 13.6. The first-order chi connectivity index (χ1) is 8.60. The maximum atomic E-state index is 13.6. The number of thiazole rings is 1. The van der Waals surface area contributed by atoms with Crippen LogP contribution in [-0.4, -0.2) is 10.1 Å². The lowest BCUT2D eigenvalue weighted by molar-refractivity contribution is 0.276. The number of hydrogen-bond acceptors (Lipinski definition) is 4. The van der Waals surface area contributed by atoms with Crippen molar-refractivity contribution in [1.29, 1.82) is 0 Å². The van der Waals surface area contributed by atoms with Gasteiger partial charge in [-0.15, -0.1) is 11.3 Å².